The molecule has 2 aliphatic rings. The molecule has 0 radical (unpaired) electrons. The molecule has 0 fully saturated rings. The summed E-state index contributed by atoms with van der Waals surface area (Å²) in [5, 5.41) is 4.08. The Bertz CT molecular complexity index is 625. The smallest absolute Gasteiger partial charge is 0.332 e. The molecule has 2 aliphatic heterocycles. The van der Waals surface area contributed by atoms with E-state index in [1.165, 1.54) is 0 Å². The van der Waals surface area contributed by atoms with Gasteiger partial charge < -0.3 is 19.9 Å². The Kier molecular flexibility index (Phi) is 3.12. The Morgan fingerprint density at radius 3 is 2.81 bits per heavy atom. The van der Waals surface area contributed by atoms with E-state index in [0.29, 0.717) is 42.6 Å². The zero-order valence-corrected chi connectivity index (χ0v) is 11.9. The summed E-state index contributed by atoms with van der Waals surface area (Å²) < 4.78 is 17.3. The van der Waals surface area contributed by atoms with Crippen LogP contribution < -0.4 is 25.4 Å². The number of hydrogen-bond acceptors (Lipinski definition) is 5. The summed E-state index contributed by atoms with van der Waals surface area (Å²) in [6.07, 6.45) is 0.542. The van der Waals surface area contributed by atoms with Crippen molar-refractivity contribution in [2.45, 2.75) is 25.9 Å². The van der Waals surface area contributed by atoms with Gasteiger partial charge in [0.05, 0.1) is 5.71 Å². The molecule has 1 aromatic rings. The van der Waals surface area contributed by atoms with Gasteiger partial charge in [0.2, 0.25) is 5.75 Å². The molecule has 0 saturated heterocycles. The molecule has 112 valence electrons. The second-order valence-electron chi connectivity index (χ2n) is 5.54. The van der Waals surface area contributed by atoms with E-state index in [1.54, 1.807) is 0 Å². The lowest BCUT2D eigenvalue weighted by Gasteiger charge is -2.35. The van der Waals surface area contributed by atoms with Gasteiger partial charge in [-0.1, -0.05) is 0 Å². The second kappa shape index (κ2) is 4.83. The largest absolute Gasteiger partial charge is 0.486 e. The summed E-state index contributed by atoms with van der Waals surface area (Å²) in [6, 6.07) is 2.96. The van der Waals surface area contributed by atoms with E-state index in [1.807, 2.05) is 26.0 Å². The number of nitrogens with one attached hydrogen (secondary N) is 1. The van der Waals surface area contributed by atoms with Crippen molar-refractivity contribution >= 4 is 11.7 Å². The minimum atomic E-state index is -0.703. The maximum absolute atomic E-state index is 10.9. The highest BCUT2D eigenvalue weighted by Gasteiger charge is 2.35. The van der Waals surface area contributed by atoms with Crippen LogP contribution in [0.15, 0.2) is 17.2 Å². The van der Waals surface area contributed by atoms with Gasteiger partial charge in [0.1, 0.15) is 18.8 Å². The third-order valence-corrected chi connectivity index (χ3v) is 3.25. The van der Waals surface area contributed by atoms with Crippen LogP contribution >= 0.6 is 0 Å². The van der Waals surface area contributed by atoms with Crippen LogP contribution in [-0.2, 0) is 0 Å². The van der Waals surface area contributed by atoms with Gasteiger partial charge in [-0.05, 0) is 26.0 Å². The fourth-order valence-electron chi connectivity index (χ4n) is 2.45. The number of ether oxygens (including phenoxy) is 3. The highest BCUT2D eigenvalue weighted by molar-refractivity contribution is 6.05. The lowest BCUT2D eigenvalue weighted by Crippen LogP contribution is -2.38. The van der Waals surface area contributed by atoms with Crippen molar-refractivity contribution in [2.75, 3.05) is 13.2 Å². The van der Waals surface area contributed by atoms with Crippen molar-refractivity contribution < 1.29 is 19.0 Å². The van der Waals surface area contributed by atoms with Crippen molar-refractivity contribution in [1.82, 2.24) is 5.43 Å². The first-order valence-electron chi connectivity index (χ1n) is 6.70. The van der Waals surface area contributed by atoms with Gasteiger partial charge in [0.25, 0.3) is 0 Å². The summed E-state index contributed by atoms with van der Waals surface area (Å²) >= 11 is 0. The Balaban J connectivity index is 2.09. The third kappa shape index (κ3) is 2.58. The maximum atomic E-state index is 10.9. The molecule has 0 unspecified atom stereocenters. The zero-order valence-electron chi connectivity index (χ0n) is 11.9. The number of nitrogens with two attached hydrogens (primary N) is 1. The van der Waals surface area contributed by atoms with Crippen LogP contribution in [0.4, 0.5) is 4.79 Å². The van der Waals surface area contributed by atoms with Crippen LogP contribution in [0.25, 0.3) is 0 Å². The molecule has 3 N–H and O–H groups in total. The number of hydrazone groups is 1. The van der Waals surface area contributed by atoms with E-state index in [4.69, 9.17) is 19.9 Å². The number of carbonyl (C=O) groups is 1. The molecular formula is C14H17N3O4. The summed E-state index contributed by atoms with van der Waals surface area (Å²) in [5.74, 6) is 1.83. The molecule has 3 rings (SSSR count). The SMILES string of the molecule is CC1(C)CC(=NNC(N)=O)c2ccc3c(c2O1)OCCO3. The van der Waals surface area contributed by atoms with Crippen LogP contribution in [-0.4, -0.2) is 30.6 Å². The number of amides is 2. The van der Waals surface area contributed by atoms with E-state index in [-0.39, 0.29) is 0 Å². The first-order valence-corrected chi connectivity index (χ1v) is 6.70. The number of urea groups is 1. The van der Waals surface area contributed by atoms with Gasteiger partial charge >= 0.3 is 6.03 Å². The molecule has 1 aromatic carbocycles. The van der Waals surface area contributed by atoms with E-state index in [0.717, 1.165) is 5.56 Å². The molecule has 7 heteroatoms. The number of carbonyl (C=O) groups excluding carboxylic acids is 1. The number of hydrogen-bond donors (Lipinski definition) is 2. The maximum Gasteiger partial charge on any atom is 0.332 e. The molecule has 21 heavy (non-hydrogen) atoms. The minimum Gasteiger partial charge on any atom is -0.486 e. The van der Waals surface area contributed by atoms with Crippen LogP contribution in [0.2, 0.25) is 0 Å². The summed E-state index contributed by atoms with van der Waals surface area (Å²) in [4.78, 5) is 10.9. The predicted octanol–water partition coefficient (Wildman–Crippen LogP) is 1.39. The third-order valence-electron chi connectivity index (χ3n) is 3.25. The zero-order chi connectivity index (χ0) is 15.0. The van der Waals surface area contributed by atoms with Gasteiger partial charge in [-0.3, -0.25) is 0 Å². The van der Waals surface area contributed by atoms with Crippen molar-refractivity contribution in [3.8, 4) is 17.2 Å². The first-order chi connectivity index (χ1) is 9.96. The fraction of sp³-hybridized carbons (Fsp3) is 0.429. The average Bonchev–Trinajstić information content (AvgIpc) is 2.43. The van der Waals surface area contributed by atoms with Crippen LogP contribution in [0.3, 0.4) is 0 Å². The number of primary amides is 1. The molecule has 0 bridgehead atoms. The summed E-state index contributed by atoms with van der Waals surface area (Å²) in [6.45, 7) is 4.87. The van der Waals surface area contributed by atoms with Crippen LogP contribution in [0.5, 0.6) is 17.2 Å². The molecule has 0 aromatic heterocycles. The van der Waals surface area contributed by atoms with Crippen molar-refractivity contribution in [3.63, 3.8) is 0 Å². The molecule has 2 amide bonds. The van der Waals surface area contributed by atoms with Gasteiger partial charge in [-0.25, -0.2) is 10.2 Å². The molecule has 0 atom stereocenters. The van der Waals surface area contributed by atoms with E-state index in [2.05, 4.69) is 10.5 Å². The molecule has 7 nitrogen and oxygen atoms in total. The molecule has 0 saturated carbocycles. The molecular weight excluding hydrogens is 274 g/mol. The van der Waals surface area contributed by atoms with Gasteiger partial charge in [-0.2, -0.15) is 5.10 Å². The highest BCUT2D eigenvalue weighted by atomic mass is 16.6. The number of rotatable bonds is 1. The average molecular weight is 291 g/mol. The molecule has 0 aliphatic carbocycles. The minimum absolute atomic E-state index is 0.471. The van der Waals surface area contributed by atoms with Crippen molar-refractivity contribution in [2.24, 2.45) is 10.8 Å². The molecule has 0 spiro atoms. The predicted molar refractivity (Wildman–Crippen MR) is 76.0 cm³/mol. The lowest BCUT2D eigenvalue weighted by atomic mass is 9.92. The first kappa shape index (κ1) is 13.5. The van der Waals surface area contributed by atoms with Gasteiger partial charge in [0.15, 0.2) is 11.5 Å². The number of nitrogens with zero attached hydrogens (tertiary/aromatic N) is 1. The topological polar surface area (TPSA) is 95.2 Å². The second-order valence-corrected chi connectivity index (χ2v) is 5.54. The van der Waals surface area contributed by atoms with E-state index < -0.39 is 11.6 Å². The van der Waals surface area contributed by atoms with Crippen molar-refractivity contribution in [3.05, 3.63) is 17.7 Å². The lowest BCUT2D eigenvalue weighted by molar-refractivity contribution is 0.0953. The summed E-state index contributed by atoms with van der Waals surface area (Å²) in [7, 11) is 0. The van der Waals surface area contributed by atoms with E-state index in [9.17, 15) is 4.79 Å². The van der Waals surface area contributed by atoms with Gasteiger partial charge in [-0.15, -0.1) is 0 Å². The Hall–Kier alpha value is -2.44. The highest BCUT2D eigenvalue weighted by Crippen LogP contribution is 2.46. The Morgan fingerprint density at radius 1 is 1.29 bits per heavy atom. The quantitative estimate of drug-likeness (QED) is 0.764. The van der Waals surface area contributed by atoms with Gasteiger partial charge in [0, 0.05) is 12.0 Å². The molecule has 2 heterocycles. The number of fused-ring (bicyclic) bond motifs is 3. The van der Waals surface area contributed by atoms with E-state index >= 15 is 0 Å². The van der Waals surface area contributed by atoms with Crippen LogP contribution in [0, 0.1) is 0 Å². The van der Waals surface area contributed by atoms with Crippen molar-refractivity contribution in [1.29, 1.82) is 0 Å². The Morgan fingerprint density at radius 2 is 2.05 bits per heavy atom. The van der Waals surface area contributed by atoms with Crippen LogP contribution in [0.1, 0.15) is 25.8 Å². The fourth-order valence-corrected chi connectivity index (χ4v) is 2.45. The standard InChI is InChI=1S/C14H17N3O4/c1-14(2)7-9(16-17-13(15)18)8-3-4-10-12(11(8)21-14)20-6-5-19-10/h3-4H,5-7H2,1-2H3,(H3,15,17,18). The monoisotopic (exact) mass is 291 g/mol. The summed E-state index contributed by atoms with van der Waals surface area (Å²) in [5.41, 5.74) is 8.34. The Labute approximate surface area is 122 Å². The number of benzene rings is 1. The normalized spacial score (nSPS) is 20.4.